The summed E-state index contributed by atoms with van der Waals surface area (Å²) in [7, 11) is 0. The molecule has 0 saturated carbocycles. The number of halogens is 2. The molecule has 0 spiro atoms. The summed E-state index contributed by atoms with van der Waals surface area (Å²) in [6.07, 6.45) is 7.40. The Balaban J connectivity index is 1.96. The number of ether oxygens (including phenoxy) is 2. The highest BCUT2D eigenvalue weighted by Crippen LogP contribution is 2.11. The zero-order valence-electron chi connectivity index (χ0n) is 15.2. The highest BCUT2D eigenvalue weighted by molar-refractivity contribution is 6.30. The zero-order chi connectivity index (χ0) is 19.0. The van der Waals surface area contributed by atoms with Gasteiger partial charge in [-0.15, -0.1) is 11.6 Å². The Labute approximate surface area is 166 Å². The van der Waals surface area contributed by atoms with E-state index < -0.39 is 0 Å². The van der Waals surface area contributed by atoms with Gasteiger partial charge in [-0.1, -0.05) is 49.4 Å². The van der Waals surface area contributed by atoms with Crippen LogP contribution in [-0.4, -0.2) is 24.4 Å². The molecule has 0 aliphatic heterocycles. The van der Waals surface area contributed by atoms with Crippen molar-refractivity contribution < 1.29 is 19.1 Å². The second-order valence-corrected chi connectivity index (χ2v) is 6.99. The third kappa shape index (κ3) is 12.2. The van der Waals surface area contributed by atoms with E-state index in [0.717, 1.165) is 43.5 Å². The summed E-state index contributed by atoms with van der Waals surface area (Å²) in [6, 6.07) is 7.12. The van der Waals surface area contributed by atoms with Crippen LogP contribution in [0, 0.1) is 0 Å². The van der Waals surface area contributed by atoms with E-state index in [0.29, 0.717) is 18.1 Å². The van der Waals surface area contributed by atoms with Gasteiger partial charge in [-0.05, 0) is 37.0 Å². The molecule has 4 nitrogen and oxygen atoms in total. The Bertz CT molecular complexity index is 517. The first-order valence-corrected chi connectivity index (χ1v) is 10.1. The van der Waals surface area contributed by atoms with Crippen molar-refractivity contribution in [2.75, 3.05) is 12.5 Å². The molecule has 1 rings (SSSR count). The van der Waals surface area contributed by atoms with Crippen LogP contribution in [0.4, 0.5) is 0 Å². The van der Waals surface area contributed by atoms with Gasteiger partial charge >= 0.3 is 11.9 Å². The second kappa shape index (κ2) is 14.9. The molecule has 26 heavy (non-hydrogen) atoms. The van der Waals surface area contributed by atoms with Gasteiger partial charge in [-0.2, -0.15) is 0 Å². The number of esters is 2. The fraction of sp³-hybridized carbons (Fsp3) is 0.600. The largest absolute Gasteiger partial charge is 0.466 e. The van der Waals surface area contributed by atoms with E-state index >= 15 is 0 Å². The minimum Gasteiger partial charge on any atom is -0.466 e. The molecule has 0 atom stereocenters. The number of hydrogen-bond donors (Lipinski definition) is 0. The quantitative estimate of drug-likeness (QED) is 0.228. The first-order valence-electron chi connectivity index (χ1n) is 9.23. The lowest BCUT2D eigenvalue weighted by Gasteiger charge is -2.06. The normalized spacial score (nSPS) is 10.5. The van der Waals surface area contributed by atoms with Crippen LogP contribution < -0.4 is 0 Å². The molecule has 0 aliphatic carbocycles. The van der Waals surface area contributed by atoms with Gasteiger partial charge in [0.15, 0.2) is 0 Å². The van der Waals surface area contributed by atoms with Crippen molar-refractivity contribution >= 4 is 35.1 Å². The standard InChI is InChI=1S/C20H28Cl2O4/c21-14-5-3-1-2-4-6-15-25-19(23)8-7-9-20(24)26-16-17-10-12-18(22)13-11-17/h10-13H,1-9,14-16H2. The molecule has 0 fully saturated rings. The van der Waals surface area contributed by atoms with Gasteiger partial charge in [0.05, 0.1) is 6.61 Å². The molecule has 0 amide bonds. The van der Waals surface area contributed by atoms with Crippen LogP contribution in [0.5, 0.6) is 0 Å². The van der Waals surface area contributed by atoms with Gasteiger partial charge in [-0.25, -0.2) is 0 Å². The van der Waals surface area contributed by atoms with Crippen LogP contribution in [0.15, 0.2) is 24.3 Å². The molecule has 0 saturated heterocycles. The highest BCUT2D eigenvalue weighted by atomic mass is 35.5. The molecule has 0 unspecified atom stereocenters. The number of carbonyl (C=O) groups is 2. The third-order valence-corrected chi connectivity index (χ3v) is 4.39. The predicted molar refractivity (Wildman–Crippen MR) is 104 cm³/mol. The van der Waals surface area contributed by atoms with Crippen molar-refractivity contribution in [3.8, 4) is 0 Å². The monoisotopic (exact) mass is 402 g/mol. The lowest BCUT2D eigenvalue weighted by atomic mass is 10.1. The van der Waals surface area contributed by atoms with Crippen LogP contribution in [0.1, 0.15) is 63.4 Å². The van der Waals surface area contributed by atoms with E-state index in [9.17, 15) is 9.59 Å². The van der Waals surface area contributed by atoms with Crippen LogP contribution >= 0.6 is 23.2 Å². The Morgan fingerprint density at radius 3 is 2.00 bits per heavy atom. The van der Waals surface area contributed by atoms with Crippen LogP contribution in [0.25, 0.3) is 0 Å². The molecule has 0 heterocycles. The SMILES string of the molecule is O=C(CCCC(=O)OCc1ccc(Cl)cc1)OCCCCCCCCCl. The second-order valence-electron chi connectivity index (χ2n) is 6.17. The van der Waals surface area contributed by atoms with Crippen molar-refractivity contribution in [3.05, 3.63) is 34.9 Å². The van der Waals surface area contributed by atoms with Crippen LogP contribution in [0.2, 0.25) is 5.02 Å². The van der Waals surface area contributed by atoms with Crippen LogP contribution in [0.3, 0.4) is 0 Å². The molecule has 0 aliphatic rings. The minimum absolute atomic E-state index is 0.212. The fourth-order valence-electron chi connectivity index (χ4n) is 2.36. The van der Waals surface area contributed by atoms with Gasteiger partial charge < -0.3 is 9.47 Å². The maximum absolute atomic E-state index is 11.7. The van der Waals surface area contributed by atoms with Crippen molar-refractivity contribution in [3.63, 3.8) is 0 Å². The number of carbonyl (C=O) groups excluding carboxylic acids is 2. The molecule has 0 aromatic heterocycles. The summed E-state index contributed by atoms with van der Waals surface area (Å²) in [5, 5.41) is 0.643. The lowest BCUT2D eigenvalue weighted by Crippen LogP contribution is -2.08. The minimum atomic E-state index is -0.315. The van der Waals surface area contributed by atoms with Gasteiger partial charge in [0, 0.05) is 23.7 Å². The number of unbranched alkanes of at least 4 members (excludes halogenated alkanes) is 5. The lowest BCUT2D eigenvalue weighted by molar-refractivity contribution is -0.146. The molecular formula is C20H28Cl2O4. The Morgan fingerprint density at radius 1 is 0.769 bits per heavy atom. The summed E-state index contributed by atoms with van der Waals surface area (Å²) in [5.74, 6) is 0.161. The summed E-state index contributed by atoms with van der Waals surface area (Å²) in [5.41, 5.74) is 0.879. The molecule has 146 valence electrons. The van der Waals surface area contributed by atoms with Gasteiger partial charge in [-0.3, -0.25) is 9.59 Å². The molecule has 1 aromatic rings. The number of alkyl halides is 1. The van der Waals surface area contributed by atoms with E-state index in [-0.39, 0.29) is 31.4 Å². The fourth-order valence-corrected chi connectivity index (χ4v) is 2.67. The van der Waals surface area contributed by atoms with E-state index in [1.807, 2.05) is 12.1 Å². The van der Waals surface area contributed by atoms with Crippen LogP contribution in [-0.2, 0) is 25.7 Å². The van der Waals surface area contributed by atoms with E-state index in [4.69, 9.17) is 32.7 Å². The third-order valence-electron chi connectivity index (χ3n) is 3.87. The maximum Gasteiger partial charge on any atom is 0.306 e. The van der Waals surface area contributed by atoms with E-state index in [1.54, 1.807) is 12.1 Å². The number of hydrogen-bond acceptors (Lipinski definition) is 4. The summed E-state index contributed by atoms with van der Waals surface area (Å²) in [4.78, 5) is 23.3. The molecule has 0 N–H and O–H groups in total. The summed E-state index contributed by atoms with van der Waals surface area (Å²) in [6.45, 7) is 0.667. The van der Waals surface area contributed by atoms with Crippen molar-refractivity contribution in [2.45, 2.75) is 64.4 Å². The highest BCUT2D eigenvalue weighted by Gasteiger charge is 2.07. The van der Waals surface area contributed by atoms with Gasteiger partial charge in [0.2, 0.25) is 0 Å². The first-order chi connectivity index (χ1) is 12.6. The van der Waals surface area contributed by atoms with Crippen molar-refractivity contribution in [2.24, 2.45) is 0 Å². The zero-order valence-corrected chi connectivity index (χ0v) is 16.7. The molecule has 1 aromatic carbocycles. The topological polar surface area (TPSA) is 52.6 Å². The summed E-state index contributed by atoms with van der Waals surface area (Å²) < 4.78 is 10.3. The van der Waals surface area contributed by atoms with E-state index in [2.05, 4.69) is 0 Å². The summed E-state index contributed by atoms with van der Waals surface area (Å²) >= 11 is 11.4. The Morgan fingerprint density at radius 2 is 1.35 bits per heavy atom. The maximum atomic E-state index is 11.7. The molecular weight excluding hydrogens is 375 g/mol. The Hall–Kier alpha value is -1.26. The molecule has 0 bridgehead atoms. The first kappa shape index (κ1) is 22.8. The average molecular weight is 403 g/mol. The van der Waals surface area contributed by atoms with E-state index in [1.165, 1.54) is 6.42 Å². The average Bonchev–Trinajstić information content (AvgIpc) is 2.63. The molecule has 0 radical (unpaired) electrons. The van der Waals surface area contributed by atoms with Gasteiger partial charge in [0.25, 0.3) is 0 Å². The smallest absolute Gasteiger partial charge is 0.306 e. The Kier molecular flexibility index (Phi) is 13.0. The molecule has 6 heteroatoms. The predicted octanol–water partition coefficient (Wildman–Crippen LogP) is 5.68. The van der Waals surface area contributed by atoms with Crippen molar-refractivity contribution in [1.82, 2.24) is 0 Å². The number of benzene rings is 1. The number of rotatable bonds is 14. The van der Waals surface area contributed by atoms with Gasteiger partial charge in [0.1, 0.15) is 6.61 Å². The van der Waals surface area contributed by atoms with Crippen molar-refractivity contribution in [1.29, 1.82) is 0 Å².